The van der Waals surface area contributed by atoms with Gasteiger partial charge in [0.1, 0.15) is 0 Å². The summed E-state index contributed by atoms with van der Waals surface area (Å²) in [5.74, 6) is 0. The number of hydrogen-bond acceptors (Lipinski definition) is 1. The molecular weight excluding hydrogens is 170 g/mol. The summed E-state index contributed by atoms with van der Waals surface area (Å²) in [7, 11) is 0. The summed E-state index contributed by atoms with van der Waals surface area (Å²) in [5, 5.41) is 0. The number of nitrogens with two attached hydrogens (primary N) is 1. The van der Waals surface area contributed by atoms with Crippen LogP contribution < -0.4 is 5.73 Å². The maximum atomic E-state index is 6.37. The molecule has 14 heavy (non-hydrogen) atoms. The Morgan fingerprint density at radius 2 is 1.79 bits per heavy atom. The fraction of sp³-hybridized carbons (Fsp3) is 1.00. The molecule has 0 radical (unpaired) electrons. The third kappa shape index (κ3) is 2.73. The number of rotatable bonds is 6. The van der Waals surface area contributed by atoms with E-state index in [0.717, 1.165) is 0 Å². The van der Waals surface area contributed by atoms with Crippen LogP contribution in [0.15, 0.2) is 0 Å². The molecule has 1 aliphatic rings. The summed E-state index contributed by atoms with van der Waals surface area (Å²) >= 11 is 0. The van der Waals surface area contributed by atoms with Crippen LogP contribution in [0.5, 0.6) is 0 Å². The van der Waals surface area contributed by atoms with Gasteiger partial charge in [-0.05, 0) is 31.1 Å². The molecule has 1 aliphatic carbocycles. The van der Waals surface area contributed by atoms with Gasteiger partial charge in [0.25, 0.3) is 0 Å². The van der Waals surface area contributed by atoms with Gasteiger partial charge in [0, 0.05) is 6.04 Å². The summed E-state index contributed by atoms with van der Waals surface area (Å²) in [6.45, 7) is 4.59. The highest BCUT2D eigenvalue weighted by atomic mass is 14.7. The molecule has 0 saturated heterocycles. The van der Waals surface area contributed by atoms with Crippen molar-refractivity contribution in [2.45, 2.75) is 77.7 Å². The van der Waals surface area contributed by atoms with Crippen molar-refractivity contribution in [3.8, 4) is 0 Å². The minimum Gasteiger partial charge on any atom is -0.327 e. The molecule has 1 saturated carbocycles. The van der Waals surface area contributed by atoms with Gasteiger partial charge in [-0.1, -0.05) is 46.0 Å². The predicted molar refractivity (Wildman–Crippen MR) is 63.3 cm³/mol. The Kier molecular flexibility index (Phi) is 4.94. The maximum absolute atomic E-state index is 6.37. The second kappa shape index (κ2) is 5.75. The van der Waals surface area contributed by atoms with Gasteiger partial charge in [0.05, 0.1) is 0 Å². The highest BCUT2D eigenvalue weighted by Crippen LogP contribution is 2.44. The van der Waals surface area contributed by atoms with Crippen LogP contribution in [0, 0.1) is 5.41 Å². The molecule has 84 valence electrons. The maximum Gasteiger partial charge on any atom is 0.00954 e. The Hall–Kier alpha value is -0.0400. The van der Waals surface area contributed by atoms with Crippen LogP contribution in [0.1, 0.15) is 71.6 Å². The van der Waals surface area contributed by atoms with Crippen molar-refractivity contribution in [3.63, 3.8) is 0 Å². The van der Waals surface area contributed by atoms with Gasteiger partial charge in [0.15, 0.2) is 0 Å². The van der Waals surface area contributed by atoms with E-state index in [0.29, 0.717) is 11.5 Å². The average Bonchev–Trinajstić information content (AvgIpc) is 2.67. The zero-order valence-electron chi connectivity index (χ0n) is 10.0. The van der Waals surface area contributed by atoms with Gasteiger partial charge in [-0.15, -0.1) is 0 Å². The molecule has 0 aliphatic heterocycles. The van der Waals surface area contributed by atoms with E-state index in [4.69, 9.17) is 5.73 Å². The molecule has 1 rings (SSSR count). The van der Waals surface area contributed by atoms with Crippen molar-refractivity contribution in [1.82, 2.24) is 0 Å². The Morgan fingerprint density at radius 1 is 1.14 bits per heavy atom. The Bertz CT molecular complexity index is 147. The van der Waals surface area contributed by atoms with Crippen molar-refractivity contribution in [2.24, 2.45) is 11.1 Å². The third-order valence-electron chi connectivity index (χ3n) is 4.21. The van der Waals surface area contributed by atoms with Crippen LogP contribution in [0.4, 0.5) is 0 Å². The lowest BCUT2D eigenvalue weighted by Crippen LogP contribution is -2.39. The third-order valence-corrected chi connectivity index (χ3v) is 4.21. The quantitative estimate of drug-likeness (QED) is 0.643. The van der Waals surface area contributed by atoms with Crippen LogP contribution in [0.2, 0.25) is 0 Å². The Labute approximate surface area is 89.5 Å². The van der Waals surface area contributed by atoms with E-state index in [1.807, 2.05) is 0 Å². The second-order valence-corrected chi connectivity index (χ2v) is 5.03. The van der Waals surface area contributed by atoms with Crippen LogP contribution in [-0.4, -0.2) is 6.04 Å². The van der Waals surface area contributed by atoms with Gasteiger partial charge in [0.2, 0.25) is 0 Å². The fourth-order valence-corrected chi connectivity index (χ4v) is 2.99. The van der Waals surface area contributed by atoms with E-state index >= 15 is 0 Å². The fourth-order valence-electron chi connectivity index (χ4n) is 2.99. The Morgan fingerprint density at radius 3 is 2.29 bits per heavy atom. The molecule has 0 heterocycles. The van der Waals surface area contributed by atoms with E-state index in [1.165, 1.54) is 57.8 Å². The van der Waals surface area contributed by atoms with Crippen molar-refractivity contribution in [3.05, 3.63) is 0 Å². The van der Waals surface area contributed by atoms with Gasteiger partial charge in [-0.2, -0.15) is 0 Å². The highest BCUT2D eigenvalue weighted by molar-refractivity contribution is 4.91. The zero-order valence-corrected chi connectivity index (χ0v) is 10.0. The molecule has 1 heteroatoms. The summed E-state index contributed by atoms with van der Waals surface area (Å²) in [5.41, 5.74) is 6.89. The first-order chi connectivity index (χ1) is 6.75. The first kappa shape index (κ1) is 12.0. The van der Waals surface area contributed by atoms with Gasteiger partial charge in [-0.25, -0.2) is 0 Å². The van der Waals surface area contributed by atoms with Crippen molar-refractivity contribution in [1.29, 1.82) is 0 Å². The topological polar surface area (TPSA) is 26.0 Å². The zero-order chi connectivity index (χ0) is 10.4. The standard InChI is InChI=1S/C13H27N/c1-3-5-6-9-12(14)13(4-2)10-7-8-11-13/h12H,3-11,14H2,1-2H3. The predicted octanol–water partition coefficient (Wildman–Crippen LogP) is 3.86. The molecule has 0 aromatic rings. The van der Waals surface area contributed by atoms with Crippen LogP contribution >= 0.6 is 0 Å². The van der Waals surface area contributed by atoms with Crippen LogP contribution in [0.3, 0.4) is 0 Å². The minimum atomic E-state index is 0.474. The summed E-state index contributed by atoms with van der Waals surface area (Å²) < 4.78 is 0. The monoisotopic (exact) mass is 197 g/mol. The van der Waals surface area contributed by atoms with Crippen LogP contribution in [-0.2, 0) is 0 Å². The SMILES string of the molecule is CCCCCC(N)C1(CC)CCCC1. The van der Waals surface area contributed by atoms with Crippen molar-refractivity contribution in [2.75, 3.05) is 0 Å². The van der Waals surface area contributed by atoms with E-state index in [9.17, 15) is 0 Å². The lowest BCUT2D eigenvalue weighted by Gasteiger charge is -2.34. The minimum absolute atomic E-state index is 0.474. The molecule has 1 unspecified atom stereocenters. The Balaban J connectivity index is 2.35. The molecule has 0 spiro atoms. The molecule has 1 atom stereocenters. The van der Waals surface area contributed by atoms with Crippen LogP contribution in [0.25, 0.3) is 0 Å². The normalized spacial score (nSPS) is 22.5. The van der Waals surface area contributed by atoms with E-state index in [-0.39, 0.29) is 0 Å². The van der Waals surface area contributed by atoms with Crippen molar-refractivity contribution >= 4 is 0 Å². The smallest absolute Gasteiger partial charge is 0.00954 e. The number of hydrogen-bond donors (Lipinski definition) is 1. The molecule has 0 amide bonds. The molecule has 1 fully saturated rings. The first-order valence-electron chi connectivity index (χ1n) is 6.51. The molecule has 0 bridgehead atoms. The first-order valence-corrected chi connectivity index (χ1v) is 6.51. The molecule has 1 nitrogen and oxygen atoms in total. The average molecular weight is 197 g/mol. The second-order valence-electron chi connectivity index (χ2n) is 5.03. The number of unbranched alkanes of at least 4 members (excludes halogenated alkanes) is 2. The van der Waals surface area contributed by atoms with E-state index in [1.54, 1.807) is 0 Å². The molecule has 0 aromatic heterocycles. The highest BCUT2D eigenvalue weighted by Gasteiger charge is 2.37. The van der Waals surface area contributed by atoms with Crippen molar-refractivity contribution < 1.29 is 0 Å². The van der Waals surface area contributed by atoms with Gasteiger partial charge in [-0.3, -0.25) is 0 Å². The van der Waals surface area contributed by atoms with Gasteiger partial charge >= 0.3 is 0 Å². The molecular formula is C13H27N. The summed E-state index contributed by atoms with van der Waals surface area (Å²) in [6, 6.07) is 0.474. The van der Waals surface area contributed by atoms with E-state index < -0.39 is 0 Å². The summed E-state index contributed by atoms with van der Waals surface area (Å²) in [6.07, 6.45) is 12.1. The lowest BCUT2D eigenvalue weighted by atomic mass is 9.75. The molecule has 0 aromatic carbocycles. The van der Waals surface area contributed by atoms with E-state index in [2.05, 4.69) is 13.8 Å². The summed E-state index contributed by atoms with van der Waals surface area (Å²) in [4.78, 5) is 0. The lowest BCUT2D eigenvalue weighted by molar-refractivity contribution is 0.207. The largest absolute Gasteiger partial charge is 0.327 e. The van der Waals surface area contributed by atoms with Gasteiger partial charge < -0.3 is 5.73 Å². The molecule has 2 N–H and O–H groups in total.